The quantitative estimate of drug-likeness (QED) is 0.824. The molecule has 1 saturated carbocycles. The second-order valence-electron chi connectivity index (χ2n) is 7.27. The summed E-state index contributed by atoms with van der Waals surface area (Å²) in [6.07, 6.45) is 8.83. The smallest absolute Gasteiger partial charge is 0.317 e. The summed E-state index contributed by atoms with van der Waals surface area (Å²) in [6.45, 7) is 7.44. The first kappa shape index (κ1) is 18.8. The molecule has 2 amide bonds. The van der Waals surface area contributed by atoms with Crippen molar-refractivity contribution < 1.29 is 4.79 Å². The minimum atomic E-state index is 0. The molecule has 0 aromatic heterocycles. The van der Waals surface area contributed by atoms with Crippen molar-refractivity contribution in [1.82, 2.24) is 20.4 Å². The standard InChI is InChI=1S/C17H32N4O.ClH/c22-17(19-16-4-2-1-3-5-16)21-12-10-20(11-13-21)14-15-6-8-18-9-7-15;/h15-16,18H,1-14H2,(H,19,22);1H. The van der Waals surface area contributed by atoms with E-state index in [0.29, 0.717) is 6.04 Å². The van der Waals surface area contributed by atoms with Crippen LogP contribution in [0.4, 0.5) is 4.79 Å². The number of carbonyl (C=O) groups is 1. The topological polar surface area (TPSA) is 47.6 Å². The van der Waals surface area contributed by atoms with E-state index in [1.54, 1.807) is 0 Å². The maximum Gasteiger partial charge on any atom is 0.317 e. The van der Waals surface area contributed by atoms with Gasteiger partial charge in [0.2, 0.25) is 0 Å². The first-order valence-electron chi connectivity index (χ1n) is 9.30. The molecule has 0 radical (unpaired) electrons. The lowest BCUT2D eigenvalue weighted by molar-refractivity contribution is 0.118. The number of carbonyl (C=O) groups excluding carboxylic acids is 1. The van der Waals surface area contributed by atoms with Crippen molar-refractivity contribution in [2.75, 3.05) is 45.8 Å². The van der Waals surface area contributed by atoms with Crippen LogP contribution in [-0.2, 0) is 0 Å². The number of piperazine rings is 1. The van der Waals surface area contributed by atoms with E-state index in [1.165, 1.54) is 64.6 Å². The molecule has 0 unspecified atom stereocenters. The van der Waals surface area contributed by atoms with Crippen LogP contribution in [0.15, 0.2) is 0 Å². The van der Waals surface area contributed by atoms with Gasteiger partial charge in [0.1, 0.15) is 0 Å². The van der Waals surface area contributed by atoms with Crippen LogP contribution in [0.25, 0.3) is 0 Å². The normalized spacial score (nSPS) is 25.0. The van der Waals surface area contributed by atoms with Crippen LogP contribution in [0.1, 0.15) is 44.9 Å². The van der Waals surface area contributed by atoms with Crippen molar-refractivity contribution in [3.63, 3.8) is 0 Å². The Bertz CT molecular complexity index is 349. The number of hydrogen-bond donors (Lipinski definition) is 2. The van der Waals surface area contributed by atoms with Crippen molar-refractivity contribution >= 4 is 18.4 Å². The van der Waals surface area contributed by atoms with Crippen molar-refractivity contribution in [1.29, 1.82) is 0 Å². The SMILES string of the molecule is Cl.O=C(NC1CCCCC1)N1CCN(CC2CCNCC2)CC1. The van der Waals surface area contributed by atoms with E-state index in [2.05, 4.69) is 15.5 Å². The molecule has 0 atom stereocenters. The summed E-state index contributed by atoms with van der Waals surface area (Å²) in [6, 6.07) is 0.599. The lowest BCUT2D eigenvalue weighted by Gasteiger charge is -2.38. The van der Waals surface area contributed by atoms with E-state index >= 15 is 0 Å². The van der Waals surface area contributed by atoms with Gasteiger partial charge in [0.25, 0.3) is 0 Å². The van der Waals surface area contributed by atoms with Crippen LogP contribution in [0.5, 0.6) is 0 Å². The van der Waals surface area contributed by atoms with Crippen LogP contribution >= 0.6 is 12.4 Å². The highest BCUT2D eigenvalue weighted by molar-refractivity contribution is 5.85. The Kier molecular flexibility index (Phi) is 7.93. The van der Waals surface area contributed by atoms with Crippen LogP contribution in [0.2, 0.25) is 0 Å². The van der Waals surface area contributed by atoms with E-state index in [-0.39, 0.29) is 18.4 Å². The number of urea groups is 1. The molecule has 1 aliphatic carbocycles. The predicted molar refractivity (Wildman–Crippen MR) is 96.3 cm³/mol. The summed E-state index contributed by atoms with van der Waals surface area (Å²) in [5.74, 6) is 0.851. The predicted octanol–water partition coefficient (Wildman–Crippen LogP) is 2.07. The number of halogens is 1. The minimum absolute atomic E-state index is 0. The molecular formula is C17H33ClN4O. The second-order valence-corrected chi connectivity index (χ2v) is 7.27. The minimum Gasteiger partial charge on any atom is -0.335 e. The van der Waals surface area contributed by atoms with Gasteiger partial charge in [0.05, 0.1) is 0 Å². The molecule has 0 aromatic rings. The molecule has 5 nitrogen and oxygen atoms in total. The molecular weight excluding hydrogens is 312 g/mol. The Balaban J connectivity index is 0.00000192. The first-order valence-corrected chi connectivity index (χ1v) is 9.30. The zero-order chi connectivity index (χ0) is 15.2. The highest BCUT2D eigenvalue weighted by Crippen LogP contribution is 2.18. The highest BCUT2D eigenvalue weighted by Gasteiger charge is 2.25. The second kappa shape index (κ2) is 9.70. The fourth-order valence-electron chi connectivity index (χ4n) is 4.08. The van der Waals surface area contributed by atoms with E-state index in [1.807, 2.05) is 4.90 Å². The molecule has 2 aliphatic heterocycles. The van der Waals surface area contributed by atoms with Crippen molar-refractivity contribution in [2.24, 2.45) is 5.92 Å². The van der Waals surface area contributed by atoms with Gasteiger partial charge in [0.15, 0.2) is 0 Å². The van der Waals surface area contributed by atoms with E-state index in [9.17, 15) is 4.79 Å². The van der Waals surface area contributed by atoms with Gasteiger partial charge in [-0.3, -0.25) is 4.90 Å². The summed E-state index contributed by atoms with van der Waals surface area (Å²) >= 11 is 0. The van der Waals surface area contributed by atoms with Gasteiger partial charge < -0.3 is 15.5 Å². The van der Waals surface area contributed by atoms with Gasteiger partial charge in [-0.1, -0.05) is 19.3 Å². The molecule has 0 aromatic carbocycles. The maximum absolute atomic E-state index is 12.4. The number of amides is 2. The number of hydrogen-bond acceptors (Lipinski definition) is 3. The summed E-state index contributed by atoms with van der Waals surface area (Å²) in [5.41, 5.74) is 0. The molecule has 2 N–H and O–H groups in total. The fourth-order valence-corrected chi connectivity index (χ4v) is 4.08. The molecule has 2 saturated heterocycles. The monoisotopic (exact) mass is 344 g/mol. The third-order valence-electron chi connectivity index (χ3n) is 5.57. The maximum atomic E-state index is 12.4. The Hall–Kier alpha value is -0.520. The third kappa shape index (κ3) is 5.80. The average molecular weight is 345 g/mol. The molecule has 0 spiro atoms. The average Bonchev–Trinajstić information content (AvgIpc) is 2.57. The van der Waals surface area contributed by atoms with Crippen molar-refractivity contribution in [3.8, 4) is 0 Å². The van der Waals surface area contributed by atoms with Crippen LogP contribution in [0, 0.1) is 5.92 Å². The molecule has 0 bridgehead atoms. The summed E-state index contributed by atoms with van der Waals surface area (Å²) in [4.78, 5) is 16.9. The summed E-state index contributed by atoms with van der Waals surface area (Å²) in [5, 5.41) is 6.68. The highest BCUT2D eigenvalue weighted by atomic mass is 35.5. The van der Waals surface area contributed by atoms with Crippen LogP contribution < -0.4 is 10.6 Å². The molecule has 134 valence electrons. The van der Waals surface area contributed by atoms with Gasteiger partial charge >= 0.3 is 6.03 Å². The van der Waals surface area contributed by atoms with Gasteiger partial charge in [-0.25, -0.2) is 4.79 Å². The van der Waals surface area contributed by atoms with E-state index in [4.69, 9.17) is 0 Å². The molecule has 6 heteroatoms. The van der Waals surface area contributed by atoms with E-state index < -0.39 is 0 Å². The fraction of sp³-hybridized carbons (Fsp3) is 0.941. The Morgan fingerprint density at radius 2 is 1.61 bits per heavy atom. The Morgan fingerprint density at radius 1 is 0.957 bits per heavy atom. The largest absolute Gasteiger partial charge is 0.335 e. The zero-order valence-corrected chi connectivity index (χ0v) is 15.1. The third-order valence-corrected chi connectivity index (χ3v) is 5.57. The van der Waals surface area contributed by atoms with Crippen molar-refractivity contribution in [2.45, 2.75) is 51.0 Å². The van der Waals surface area contributed by atoms with Crippen molar-refractivity contribution in [3.05, 3.63) is 0 Å². The number of rotatable bonds is 3. The lowest BCUT2D eigenvalue weighted by atomic mass is 9.96. The lowest BCUT2D eigenvalue weighted by Crippen LogP contribution is -2.54. The molecule has 3 rings (SSSR count). The first-order chi connectivity index (χ1) is 10.8. The number of nitrogens with one attached hydrogen (secondary N) is 2. The van der Waals surface area contributed by atoms with E-state index in [0.717, 1.165) is 32.1 Å². The molecule has 3 aliphatic rings. The summed E-state index contributed by atoms with van der Waals surface area (Å²) < 4.78 is 0. The zero-order valence-electron chi connectivity index (χ0n) is 14.3. The van der Waals surface area contributed by atoms with Gasteiger partial charge in [-0.2, -0.15) is 0 Å². The number of piperidine rings is 1. The Labute approximate surface area is 146 Å². The van der Waals surface area contributed by atoms with Gasteiger partial charge in [0, 0.05) is 38.8 Å². The molecule has 23 heavy (non-hydrogen) atoms. The molecule has 3 fully saturated rings. The number of nitrogens with zero attached hydrogens (tertiary/aromatic N) is 2. The van der Waals surface area contributed by atoms with Crippen LogP contribution in [0.3, 0.4) is 0 Å². The van der Waals surface area contributed by atoms with Gasteiger partial charge in [-0.15, -0.1) is 12.4 Å². The van der Waals surface area contributed by atoms with Crippen LogP contribution in [-0.4, -0.2) is 67.7 Å². The molecule has 2 heterocycles. The Morgan fingerprint density at radius 3 is 2.26 bits per heavy atom. The van der Waals surface area contributed by atoms with Gasteiger partial charge in [-0.05, 0) is 44.7 Å². The summed E-state index contributed by atoms with van der Waals surface area (Å²) in [7, 11) is 0.